The third kappa shape index (κ3) is 4.33. The van der Waals surface area contributed by atoms with Crippen LogP contribution in [-0.4, -0.2) is 34.1 Å². The van der Waals surface area contributed by atoms with Crippen LogP contribution in [0.25, 0.3) is 0 Å². The molecule has 0 aliphatic carbocycles. The van der Waals surface area contributed by atoms with Gasteiger partial charge in [0.1, 0.15) is 6.04 Å². The molecule has 0 saturated heterocycles. The van der Waals surface area contributed by atoms with E-state index in [-0.39, 0.29) is 23.1 Å². The average molecular weight is 274 g/mol. The average Bonchev–Trinajstić information content (AvgIpc) is 2.25. The molecular weight excluding hydrogens is 258 g/mol. The minimum absolute atomic E-state index is 0.00865. The van der Waals surface area contributed by atoms with Crippen molar-refractivity contribution in [2.24, 2.45) is 5.92 Å². The summed E-state index contributed by atoms with van der Waals surface area (Å²) in [5, 5.41) is 2.81. The molecule has 0 bridgehead atoms. The number of hydrogen-bond acceptors (Lipinski definition) is 7. The van der Waals surface area contributed by atoms with Gasteiger partial charge in [0.25, 0.3) is 0 Å². The lowest BCUT2D eigenvalue weighted by molar-refractivity contribution is -0.141. The molecule has 1 aromatic rings. The van der Waals surface area contributed by atoms with Crippen LogP contribution in [0.1, 0.15) is 20.3 Å². The summed E-state index contributed by atoms with van der Waals surface area (Å²) >= 11 is 5.65. The molecule has 0 spiro atoms. The number of anilines is 2. The fourth-order valence-corrected chi connectivity index (χ4v) is 1.58. The van der Waals surface area contributed by atoms with Crippen LogP contribution in [0, 0.1) is 5.92 Å². The fourth-order valence-electron chi connectivity index (χ4n) is 1.41. The first-order valence-electron chi connectivity index (χ1n) is 5.43. The summed E-state index contributed by atoms with van der Waals surface area (Å²) in [5.74, 6) is 0.0595. The van der Waals surface area contributed by atoms with E-state index in [0.29, 0.717) is 12.3 Å². The number of rotatable bonds is 5. The second kappa shape index (κ2) is 6.34. The van der Waals surface area contributed by atoms with Crippen molar-refractivity contribution in [2.45, 2.75) is 26.3 Å². The topological polar surface area (TPSA) is 103 Å². The van der Waals surface area contributed by atoms with Crippen LogP contribution < -0.4 is 11.1 Å². The van der Waals surface area contributed by atoms with Crippen LogP contribution >= 0.6 is 11.6 Å². The predicted octanol–water partition coefficient (Wildman–Crippen LogP) is 1.11. The Morgan fingerprint density at radius 2 is 2.11 bits per heavy atom. The molecule has 1 aromatic heterocycles. The standard InChI is InChI=1S/C10H16ClN5O2/c1-5(2)4-6(7(17)18-3)13-10-15-8(11)14-9(12)16-10/h5-6H,4H2,1-3H3,(H3,12,13,14,15,16). The molecule has 0 aromatic carbocycles. The van der Waals surface area contributed by atoms with E-state index >= 15 is 0 Å². The van der Waals surface area contributed by atoms with E-state index < -0.39 is 6.04 Å². The van der Waals surface area contributed by atoms with Crippen molar-refractivity contribution in [1.82, 2.24) is 15.0 Å². The molecule has 0 aliphatic heterocycles. The van der Waals surface area contributed by atoms with E-state index in [1.807, 2.05) is 13.8 Å². The normalized spacial score (nSPS) is 12.3. The molecule has 1 heterocycles. The van der Waals surface area contributed by atoms with Gasteiger partial charge in [-0.25, -0.2) is 4.79 Å². The van der Waals surface area contributed by atoms with Crippen molar-refractivity contribution in [1.29, 1.82) is 0 Å². The summed E-state index contributed by atoms with van der Waals surface area (Å²) in [6, 6.07) is -0.548. The maximum Gasteiger partial charge on any atom is 0.328 e. The first-order chi connectivity index (χ1) is 8.42. The molecular formula is C10H16ClN5O2. The Morgan fingerprint density at radius 3 is 2.61 bits per heavy atom. The molecule has 0 amide bonds. The van der Waals surface area contributed by atoms with E-state index in [2.05, 4.69) is 20.3 Å². The second-order valence-electron chi connectivity index (χ2n) is 4.14. The van der Waals surface area contributed by atoms with Crippen LogP contribution in [0.2, 0.25) is 5.28 Å². The minimum atomic E-state index is -0.548. The molecule has 1 unspecified atom stereocenters. The summed E-state index contributed by atoms with van der Waals surface area (Å²) in [6.45, 7) is 3.98. The number of nitrogens with two attached hydrogens (primary N) is 1. The third-order valence-corrected chi connectivity index (χ3v) is 2.29. The van der Waals surface area contributed by atoms with Crippen LogP contribution in [0.4, 0.5) is 11.9 Å². The highest BCUT2D eigenvalue weighted by atomic mass is 35.5. The van der Waals surface area contributed by atoms with Crippen molar-refractivity contribution >= 4 is 29.5 Å². The number of methoxy groups -OCH3 is 1. The first kappa shape index (κ1) is 14.4. The van der Waals surface area contributed by atoms with E-state index in [0.717, 1.165) is 0 Å². The summed E-state index contributed by atoms with van der Waals surface area (Å²) in [4.78, 5) is 22.9. The molecule has 3 N–H and O–H groups in total. The number of esters is 1. The summed E-state index contributed by atoms with van der Waals surface area (Å²) in [6.07, 6.45) is 0.579. The summed E-state index contributed by atoms with van der Waals surface area (Å²) in [5.41, 5.74) is 5.44. The van der Waals surface area contributed by atoms with Gasteiger partial charge in [0.15, 0.2) is 0 Å². The molecule has 0 fully saturated rings. The van der Waals surface area contributed by atoms with Gasteiger partial charge < -0.3 is 15.8 Å². The number of carbonyl (C=O) groups excluding carboxylic acids is 1. The zero-order valence-corrected chi connectivity index (χ0v) is 11.2. The molecule has 8 heteroatoms. The highest BCUT2D eigenvalue weighted by Gasteiger charge is 2.21. The Morgan fingerprint density at radius 1 is 1.44 bits per heavy atom. The lowest BCUT2D eigenvalue weighted by Crippen LogP contribution is -2.33. The van der Waals surface area contributed by atoms with Crippen LogP contribution in [0.3, 0.4) is 0 Å². The number of halogens is 1. The van der Waals surface area contributed by atoms with Crippen molar-refractivity contribution in [2.75, 3.05) is 18.2 Å². The molecule has 7 nitrogen and oxygen atoms in total. The van der Waals surface area contributed by atoms with Gasteiger partial charge >= 0.3 is 5.97 Å². The number of carbonyl (C=O) groups is 1. The summed E-state index contributed by atoms with van der Waals surface area (Å²) in [7, 11) is 1.33. The minimum Gasteiger partial charge on any atom is -0.467 e. The van der Waals surface area contributed by atoms with Gasteiger partial charge in [-0.3, -0.25) is 0 Å². The second-order valence-corrected chi connectivity index (χ2v) is 4.47. The Balaban J connectivity index is 2.84. The van der Waals surface area contributed by atoms with Gasteiger partial charge in [0.05, 0.1) is 7.11 Å². The zero-order chi connectivity index (χ0) is 13.7. The third-order valence-electron chi connectivity index (χ3n) is 2.12. The Hall–Kier alpha value is -1.63. The van der Waals surface area contributed by atoms with Crippen LogP contribution in [-0.2, 0) is 9.53 Å². The number of aromatic nitrogens is 3. The highest BCUT2D eigenvalue weighted by molar-refractivity contribution is 6.28. The van der Waals surface area contributed by atoms with Crippen LogP contribution in [0.5, 0.6) is 0 Å². The molecule has 1 rings (SSSR count). The quantitative estimate of drug-likeness (QED) is 0.775. The SMILES string of the molecule is COC(=O)C(CC(C)C)Nc1nc(N)nc(Cl)n1. The molecule has 0 saturated carbocycles. The van der Waals surface area contributed by atoms with E-state index in [4.69, 9.17) is 22.1 Å². The largest absolute Gasteiger partial charge is 0.467 e. The van der Waals surface area contributed by atoms with Gasteiger partial charge in [-0.05, 0) is 23.9 Å². The number of hydrogen-bond donors (Lipinski definition) is 2. The number of ether oxygens (including phenoxy) is 1. The maximum atomic E-state index is 11.6. The monoisotopic (exact) mass is 273 g/mol. The fraction of sp³-hybridized carbons (Fsp3) is 0.600. The van der Waals surface area contributed by atoms with Gasteiger partial charge in [-0.15, -0.1) is 0 Å². The first-order valence-corrected chi connectivity index (χ1v) is 5.81. The van der Waals surface area contributed by atoms with Gasteiger partial charge in [0.2, 0.25) is 17.2 Å². The van der Waals surface area contributed by atoms with Crippen molar-refractivity contribution in [3.63, 3.8) is 0 Å². The Bertz CT molecular complexity index is 406. The maximum absolute atomic E-state index is 11.6. The van der Waals surface area contributed by atoms with Gasteiger partial charge in [-0.2, -0.15) is 15.0 Å². The van der Waals surface area contributed by atoms with Crippen molar-refractivity contribution < 1.29 is 9.53 Å². The van der Waals surface area contributed by atoms with Crippen molar-refractivity contribution in [3.8, 4) is 0 Å². The molecule has 18 heavy (non-hydrogen) atoms. The Labute approximate surface area is 110 Å². The highest BCUT2D eigenvalue weighted by Crippen LogP contribution is 2.13. The lowest BCUT2D eigenvalue weighted by Gasteiger charge is -2.18. The van der Waals surface area contributed by atoms with Gasteiger partial charge in [0, 0.05) is 0 Å². The van der Waals surface area contributed by atoms with Gasteiger partial charge in [-0.1, -0.05) is 13.8 Å². The van der Waals surface area contributed by atoms with Crippen molar-refractivity contribution in [3.05, 3.63) is 5.28 Å². The summed E-state index contributed by atoms with van der Waals surface area (Å²) < 4.78 is 4.71. The smallest absolute Gasteiger partial charge is 0.328 e. The zero-order valence-electron chi connectivity index (χ0n) is 10.5. The number of nitrogens with one attached hydrogen (secondary N) is 1. The van der Waals surface area contributed by atoms with E-state index in [1.165, 1.54) is 7.11 Å². The predicted molar refractivity (Wildman–Crippen MR) is 68.1 cm³/mol. The van der Waals surface area contributed by atoms with Crippen LogP contribution in [0.15, 0.2) is 0 Å². The molecule has 100 valence electrons. The lowest BCUT2D eigenvalue weighted by atomic mass is 10.0. The number of nitrogens with zero attached hydrogens (tertiary/aromatic N) is 3. The Kier molecular flexibility index (Phi) is 5.08. The molecule has 0 radical (unpaired) electrons. The molecule has 1 atom stereocenters. The number of nitrogen functional groups attached to an aromatic ring is 1. The van der Waals surface area contributed by atoms with E-state index in [9.17, 15) is 4.79 Å². The molecule has 0 aliphatic rings. The van der Waals surface area contributed by atoms with E-state index in [1.54, 1.807) is 0 Å².